The van der Waals surface area contributed by atoms with E-state index in [0.717, 1.165) is 37.2 Å². The van der Waals surface area contributed by atoms with Crippen molar-refractivity contribution < 1.29 is 9.90 Å². The van der Waals surface area contributed by atoms with Crippen molar-refractivity contribution in [2.45, 2.75) is 40.5 Å². The molecule has 0 bridgehead atoms. The SMILES string of the molecule is CCCN(CCC)c1nc(C)cc(C)c1C(=O)O. The van der Waals surface area contributed by atoms with Gasteiger partial charge < -0.3 is 10.0 Å². The molecule has 0 amide bonds. The summed E-state index contributed by atoms with van der Waals surface area (Å²) in [5, 5.41) is 9.36. The molecule has 0 aliphatic heterocycles. The second-order valence-corrected chi connectivity index (χ2v) is 4.57. The lowest BCUT2D eigenvalue weighted by molar-refractivity contribution is 0.0696. The normalized spacial score (nSPS) is 10.4. The Morgan fingerprint density at radius 2 is 1.83 bits per heavy atom. The van der Waals surface area contributed by atoms with Crippen LogP contribution in [0, 0.1) is 13.8 Å². The number of carboxylic acid groups (broad SMARTS) is 1. The smallest absolute Gasteiger partial charge is 0.339 e. The number of hydrogen-bond donors (Lipinski definition) is 1. The van der Waals surface area contributed by atoms with Crippen molar-refractivity contribution in [3.05, 3.63) is 22.9 Å². The highest BCUT2D eigenvalue weighted by Gasteiger charge is 2.19. The van der Waals surface area contributed by atoms with Gasteiger partial charge in [-0.05, 0) is 38.3 Å². The van der Waals surface area contributed by atoms with E-state index in [9.17, 15) is 9.90 Å². The summed E-state index contributed by atoms with van der Waals surface area (Å²) in [6, 6.07) is 1.82. The minimum absolute atomic E-state index is 0.336. The second-order valence-electron chi connectivity index (χ2n) is 4.57. The fourth-order valence-electron chi connectivity index (χ4n) is 2.17. The van der Waals surface area contributed by atoms with Gasteiger partial charge in [-0.25, -0.2) is 9.78 Å². The molecule has 0 spiro atoms. The molecule has 0 radical (unpaired) electrons. The molecule has 0 fully saturated rings. The molecule has 18 heavy (non-hydrogen) atoms. The Hall–Kier alpha value is -1.58. The molecule has 1 aromatic rings. The molecule has 1 N–H and O–H groups in total. The van der Waals surface area contributed by atoms with Gasteiger partial charge in [-0.2, -0.15) is 0 Å². The van der Waals surface area contributed by atoms with Crippen LogP contribution in [0.25, 0.3) is 0 Å². The summed E-state index contributed by atoms with van der Waals surface area (Å²) in [6.45, 7) is 9.58. The first-order valence-corrected chi connectivity index (χ1v) is 6.47. The minimum Gasteiger partial charge on any atom is -0.478 e. The molecular weight excluding hydrogens is 228 g/mol. The topological polar surface area (TPSA) is 53.4 Å². The van der Waals surface area contributed by atoms with Crippen LogP contribution < -0.4 is 4.90 Å². The number of carboxylic acids is 1. The second kappa shape index (κ2) is 6.38. The van der Waals surface area contributed by atoms with Gasteiger partial charge in [-0.1, -0.05) is 13.8 Å². The molecule has 0 atom stereocenters. The molecule has 0 saturated heterocycles. The van der Waals surface area contributed by atoms with Crippen LogP contribution in [0.1, 0.15) is 48.3 Å². The lowest BCUT2D eigenvalue weighted by Crippen LogP contribution is -2.28. The number of carbonyl (C=O) groups is 1. The van der Waals surface area contributed by atoms with Gasteiger partial charge in [0.2, 0.25) is 0 Å². The number of aryl methyl sites for hydroxylation is 2. The van der Waals surface area contributed by atoms with E-state index in [2.05, 4.69) is 23.7 Å². The van der Waals surface area contributed by atoms with Gasteiger partial charge >= 0.3 is 5.97 Å². The van der Waals surface area contributed by atoms with Crippen molar-refractivity contribution >= 4 is 11.8 Å². The molecule has 1 rings (SSSR count). The van der Waals surface area contributed by atoms with E-state index in [-0.39, 0.29) is 0 Å². The largest absolute Gasteiger partial charge is 0.478 e. The van der Waals surface area contributed by atoms with E-state index in [1.165, 1.54) is 0 Å². The van der Waals surface area contributed by atoms with Gasteiger partial charge in [0.25, 0.3) is 0 Å². The number of aromatic nitrogens is 1. The molecular formula is C14H22N2O2. The first kappa shape index (κ1) is 14.5. The van der Waals surface area contributed by atoms with Gasteiger partial charge in [0, 0.05) is 18.8 Å². The number of hydrogen-bond acceptors (Lipinski definition) is 3. The summed E-state index contributed by atoms with van der Waals surface area (Å²) in [6.07, 6.45) is 1.96. The Bertz CT molecular complexity index is 424. The van der Waals surface area contributed by atoms with Gasteiger partial charge in [0.1, 0.15) is 11.4 Å². The van der Waals surface area contributed by atoms with Gasteiger partial charge in [0.05, 0.1) is 0 Å². The summed E-state index contributed by atoms with van der Waals surface area (Å²) in [5.74, 6) is -0.282. The Kier molecular flexibility index (Phi) is 5.13. The predicted octanol–water partition coefficient (Wildman–Crippen LogP) is 3.02. The highest BCUT2D eigenvalue weighted by molar-refractivity contribution is 5.95. The Labute approximate surface area is 109 Å². The predicted molar refractivity (Wildman–Crippen MR) is 73.5 cm³/mol. The minimum atomic E-state index is -0.896. The molecule has 0 aliphatic rings. The first-order valence-electron chi connectivity index (χ1n) is 6.47. The van der Waals surface area contributed by atoms with Crippen LogP contribution in [-0.2, 0) is 0 Å². The van der Waals surface area contributed by atoms with Crippen molar-refractivity contribution in [1.29, 1.82) is 0 Å². The van der Waals surface area contributed by atoms with Crippen molar-refractivity contribution in [2.75, 3.05) is 18.0 Å². The van der Waals surface area contributed by atoms with Crippen LogP contribution in [0.5, 0.6) is 0 Å². The van der Waals surface area contributed by atoms with Crippen LogP contribution in [-0.4, -0.2) is 29.1 Å². The first-order chi connectivity index (χ1) is 8.51. The molecule has 0 aliphatic carbocycles. The maximum absolute atomic E-state index is 11.4. The fraction of sp³-hybridized carbons (Fsp3) is 0.571. The Morgan fingerprint density at radius 1 is 1.28 bits per heavy atom. The molecule has 0 saturated carbocycles. The maximum Gasteiger partial charge on any atom is 0.339 e. The average molecular weight is 250 g/mol. The van der Waals surface area contributed by atoms with Gasteiger partial charge in [0.15, 0.2) is 0 Å². The van der Waals surface area contributed by atoms with Gasteiger partial charge in [-0.3, -0.25) is 0 Å². The summed E-state index contributed by atoms with van der Waals surface area (Å²) in [7, 11) is 0. The number of anilines is 1. The van der Waals surface area contributed by atoms with Crippen LogP contribution in [0.15, 0.2) is 6.07 Å². The van der Waals surface area contributed by atoms with Gasteiger partial charge in [-0.15, -0.1) is 0 Å². The third-order valence-corrected chi connectivity index (χ3v) is 2.83. The average Bonchev–Trinajstić information content (AvgIpc) is 2.26. The summed E-state index contributed by atoms with van der Waals surface area (Å²) in [5.41, 5.74) is 1.98. The van der Waals surface area contributed by atoms with Crippen LogP contribution in [0.2, 0.25) is 0 Å². The standard InChI is InChI=1S/C14H22N2O2/c1-5-7-16(8-6-2)13-12(14(17)18)10(3)9-11(4)15-13/h9H,5-8H2,1-4H3,(H,17,18). The number of aromatic carboxylic acids is 1. The third kappa shape index (κ3) is 3.22. The fourth-order valence-corrected chi connectivity index (χ4v) is 2.17. The quantitative estimate of drug-likeness (QED) is 0.843. The summed E-state index contributed by atoms with van der Waals surface area (Å²) in [4.78, 5) is 17.9. The molecule has 100 valence electrons. The van der Waals surface area contributed by atoms with E-state index >= 15 is 0 Å². The molecule has 1 aromatic heterocycles. The molecule has 4 nitrogen and oxygen atoms in total. The van der Waals surface area contributed by atoms with Crippen LogP contribution >= 0.6 is 0 Å². The zero-order chi connectivity index (χ0) is 13.7. The van der Waals surface area contributed by atoms with Crippen molar-refractivity contribution in [3.8, 4) is 0 Å². The Morgan fingerprint density at radius 3 is 2.28 bits per heavy atom. The number of nitrogens with zero attached hydrogens (tertiary/aromatic N) is 2. The number of rotatable bonds is 6. The number of pyridine rings is 1. The van der Waals surface area contributed by atoms with E-state index in [1.807, 2.05) is 19.9 Å². The van der Waals surface area contributed by atoms with Crippen molar-refractivity contribution in [3.63, 3.8) is 0 Å². The van der Waals surface area contributed by atoms with Crippen LogP contribution in [0.4, 0.5) is 5.82 Å². The zero-order valence-corrected chi connectivity index (χ0v) is 11.7. The van der Waals surface area contributed by atoms with Crippen molar-refractivity contribution in [2.24, 2.45) is 0 Å². The monoisotopic (exact) mass is 250 g/mol. The molecule has 1 heterocycles. The molecule has 0 aromatic carbocycles. The zero-order valence-electron chi connectivity index (χ0n) is 11.7. The molecule has 0 unspecified atom stereocenters. The van der Waals surface area contributed by atoms with Crippen molar-refractivity contribution in [1.82, 2.24) is 4.98 Å². The molecule has 4 heteroatoms. The highest BCUT2D eigenvalue weighted by atomic mass is 16.4. The third-order valence-electron chi connectivity index (χ3n) is 2.83. The lowest BCUT2D eigenvalue weighted by Gasteiger charge is -2.25. The van der Waals surface area contributed by atoms with E-state index in [4.69, 9.17) is 0 Å². The lowest BCUT2D eigenvalue weighted by atomic mass is 10.1. The van der Waals surface area contributed by atoms with E-state index < -0.39 is 5.97 Å². The highest BCUT2D eigenvalue weighted by Crippen LogP contribution is 2.23. The summed E-state index contributed by atoms with van der Waals surface area (Å²) < 4.78 is 0. The maximum atomic E-state index is 11.4. The van der Waals surface area contributed by atoms with E-state index in [0.29, 0.717) is 11.4 Å². The van der Waals surface area contributed by atoms with Crippen LogP contribution in [0.3, 0.4) is 0 Å². The Balaban J connectivity index is 3.29. The van der Waals surface area contributed by atoms with E-state index in [1.54, 1.807) is 0 Å². The summed E-state index contributed by atoms with van der Waals surface area (Å²) >= 11 is 0.